The van der Waals surface area contributed by atoms with E-state index in [1.165, 1.54) is 120 Å². The fraction of sp³-hybridized carbons (Fsp3) is 0.0159. The Balaban J connectivity index is 1.03. The van der Waals surface area contributed by atoms with Crippen molar-refractivity contribution in [2.24, 2.45) is 0 Å². The summed E-state index contributed by atoms with van der Waals surface area (Å²) in [5.41, 5.74) is 13.3. The highest BCUT2D eigenvalue weighted by molar-refractivity contribution is 6.22. The third-order valence-electron chi connectivity index (χ3n) is 13.3. The average Bonchev–Trinajstić information content (AvgIpc) is 3.68. The molecule has 1 aromatic heterocycles. The van der Waals surface area contributed by atoms with Gasteiger partial charge in [0.05, 0.1) is 11.0 Å². The van der Waals surface area contributed by atoms with Gasteiger partial charge in [-0.2, -0.15) is 0 Å². The largest absolute Gasteiger partial charge is 0.309 e. The number of benzene rings is 11. The van der Waals surface area contributed by atoms with Gasteiger partial charge < -0.3 is 4.57 Å². The minimum atomic E-state index is 1.13. The number of hydrogen-bond donors (Lipinski definition) is 0. The van der Waals surface area contributed by atoms with Crippen molar-refractivity contribution in [1.82, 2.24) is 4.57 Å². The van der Waals surface area contributed by atoms with Gasteiger partial charge in [0.25, 0.3) is 0 Å². The van der Waals surface area contributed by atoms with E-state index in [-0.39, 0.29) is 0 Å². The van der Waals surface area contributed by atoms with Crippen LogP contribution in [0.15, 0.2) is 225 Å². The smallest absolute Gasteiger partial charge is 0.0541 e. The van der Waals surface area contributed by atoms with Crippen molar-refractivity contribution >= 4 is 77.0 Å². The van der Waals surface area contributed by atoms with E-state index in [1.807, 2.05) is 6.08 Å². The van der Waals surface area contributed by atoms with Crippen LogP contribution >= 0.6 is 0 Å². The van der Waals surface area contributed by atoms with Gasteiger partial charge in [-0.3, -0.25) is 0 Å². The van der Waals surface area contributed by atoms with E-state index in [2.05, 4.69) is 243 Å². The van der Waals surface area contributed by atoms with Gasteiger partial charge in [-0.1, -0.05) is 183 Å². The molecule has 12 aromatic rings. The molecule has 1 nitrogen and oxygen atoms in total. The maximum atomic E-state index is 3.94. The fourth-order valence-electron chi connectivity index (χ4n) is 10.2. The molecule has 0 bridgehead atoms. The predicted molar refractivity (Wildman–Crippen MR) is 277 cm³/mol. The molecule has 0 spiro atoms. The molecule has 0 aliphatic rings. The molecule has 11 aromatic carbocycles. The molecular formula is C63H43N. The molecule has 12 rings (SSSR count). The van der Waals surface area contributed by atoms with Gasteiger partial charge in [0, 0.05) is 16.5 Å². The van der Waals surface area contributed by atoms with Crippen LogP contribution in [0.25, 0.3) is 127 Å². The number of rotatable bonds is 6. The van der Waals surface area contributed by atoms with E-state index in [1.54, 1.807) is 0 Å². The van der Waals surface area contributed by atoms with Crippen LogP contribution in [0.1, 0.15) is 6.92 Å². The number of allylic oxidation sites excluding steroid dienone is 1. The zero-order valence-corrected chi connectivity index (χ0v) is 35.6. The predicted octanol–water partition coefficient (Wildman–Crippen LogP) is 15.8. The van der Waals surface area contributed by atoms with Crippen LogP contribution in [-0.2, 0) is 0 Å². The first-order valence-electron chi connectivity index (χ1n) is 22.1. The first-order valence-corrected chi connectivity index (χ1v) is 22.1. The lowest BCUT2D eigenvalue weighted by molar-refractivity contribution is 1.18. The number of nitrogens with zero attached hydrogens (tertiary/aromatic N) is 1. The lowest BCUT2D eigenvalue weighted by Gasteiger charge is -2.18. The van der Waals surface area contributed by atoms with Crippen LogP contribution in [-0.4, -0.2) is 4.57 Å². The number of hydrogen-bond acceptors (Lipinski definition) is 0. The molecule has 0 unspecified atom stereocenters. The first kappa shape index (κ1) is 37.5. The van der Waals surface area contributed by atoms with Crippen LogP contribution in [0.5, 0.6) is 0 Å². The van der Waals surface area contributed by atoms with E-state index in [9.17, 15) is 0 Å². The minimum absolute atomic E-state index is 1.13. The van der Waals surface area contributed by atoms with Crippen molar-refractivity contribution in [2.75, 3.05) is 0 Å². The van der Waals surface area contributed by atoms with Crippen LogP contribution in [0.3, 0.4) is 0 Å². The molecule has 1 heterocycles. The van der Waals surface area contributed by atoms with Crippen molar-refractivity contribution in [3.05, 3.63) is 235 Å². The van der Waals surface area contributed by atoms with E-state index < -0.39 is 0 Å². The van der Waals surface area contributed by atoms with Crippen molar-refractivity contribution in [1.29, 1.82) is 0 Å². The summed E-state index contributed by atoms with van der Waals surface area (Å²) in [5.74, 6) is 0. The molecule has 0 amide bonds. The molecular weight excluding hydrogens is 771 g/mol. The topological polar surface area (TPSA) is 4.93 Å². The molecule has 0 saturated carbocycles. The summed E-state index contributed by atoms with van der Waals surface area (Å²) in [6.07, 6.45) is 6.10. The van der Waals surface area contributed by atoms with E-state index in [4.69, 9.17) is 0 Å². The van der Waals surface area contributed by atoms with Gasteiger partial charge in [0.2, 0.25) is 0 Å². The van der Waals surface area contributed by atoms with Crippen molar-refractivity contribution in [3.63, 3.8) is 0 Å². The molecule has 0 atom stereocenters. The van der Waals surface area contributed by atoms with E-state index in [0.29, 0.717) is 0 Å². The maximum Gasteiger partial charge on any atom is 0.0541 e. The molecule has 0 radical (unpaired) electrons. The van der Waals surface area contributed by atoms with Crippen molar-refractivity contribution < 1.29 is 0 Å². The minimum Gasteiger partial charge on any atom is -0.309 e. The second-order valence-corrected chi connectivity index (χ2v) is 16.8. The van der Waals surface area contributed by atoms with Gasteiger partial charge >= 0.3 is 0 Å². The van der Waals surface area contributed by atoms with Gasteiger partial charge in [0.15, 0.2) is 0 Å². The summed E-state index contributed by atoms with van der Waals surface area (Å²) in [6.45, 7) is 6.04. The SMILES string of the molecule is C=C/C=c1/ccc(-c2ccc3c(c2)c2cc(-c4ccc5ccccc5c4)ccc2n3-c2ccc(-c3c4ccccc4c(-c4ccc5ccccc5c4)c4ccccc34)cc2)c/c1=C/C. The Morgan fingerprint density at radius 3 is 1.31 bits per heavy atom. The second kappa shape index (κ2) is 15.3. The molecule has 1 heteroatoms. The molecule has 0 aliphatic heterocycles. The Bertz CT molecular complexity index is 3920. The Labute approximate surface area is 372 Å². The Hall–Kier alpha value is -8.26. The lowest BCUT2D eigenvalue weighted by Crippen LogP contribution is -2.23. The molecule has 64 heavy (non-hydrogen) atoms. The fourth-order valence-corrected chi connectivity index (χ4v) is 10.2. The Morgan fingerprint density at radius 1 is 0.344 bits per heavy atom. The second-order valence-electron chi connectivity index (χ2n) is 16.8. The normalized spacial score (nSPS) is 12.4. The van der Waals surface area contributed by atoms with Crippen LogP contribution in [0, 0.1) is 0 Å². The third-order valence-corrected chi connectivity index (χ3v) is 13.3. The summed E-state index contributed by atoms with van der Waals surface area (Å²) < 4.78 is 2.44. The third kappa shape index (κ3) is 6.16. The van der Waals surface area contributed by atoms with Gasteiger partial charge in [-0.25, -0.2) is 0 Å². The summed E-state index contributed by atoms with van der Waals surface area (Å²) >= 11 is 0. The van der Waals surface area contributed by atoms with Crippen LogP contribution < -0.4 is 10.4 Å². The van der Waals surface area contributed by atoms with E-state index in [0.717, 1.165) is 5.69 Å². The maximum absolute atomic E-state index is 3.94. The lowest BCUT2D eigenvalue weighted by atomic mass is 9.85. The molecule has 0 aliphatic carbocycles. The van der Waals surface area contributed by atoms with E-state index >= 15 is 0 Å². The number of aromatic nitrogens is 1. The van der Waals surface area contributed by atoms with Gasteiger partial charge in [-0.15, -0.1) is 0 Å². The Kier molecular flexibility index (Phi) is 8.95. The van der Waals surface area contributed by atoms with Gasteiger partial charge in [-0.05, 0) is 160 Å². The summed E-state index contributed by atoms with van der Waals surface area (Å²) in [7, 11) is 0. The average molecular weight is 814 g/mol. The highest BCUT2D eigenvalue weighted by atomic mass is 15.0. The molecule has 300 valence electrons. The molecule has 0 fully saturated rings. The zero-order chi connectivity index (χ0) is 42.7. The summed E-state index contributed by atoms with van der Waals surface area (Å²) in [4.78, 5) is 0. The quantitative estimate of drug-likeness (QED) is 0.147. The Morgan fingerprint density at radius 2 is 0.766 bits per heavy atom. The monoisotopic (exact) mass is 813 g/mol. The first-order chi connectivity index (χ1) is 31.6. The summed E-state index contributed by atoms with van der Waals surface area (Å²) in [6, 6.07) is 78.7. The highest BCUT2D eigenvalue weighted by Crippen LogP contribution is 2.45. The summed E-state index contributed by atoms with van der Waals surface area (Å²) in [5, 5.41) is 14.8. The van der Waals surface area contributed by atoms with Crippen LogP contribution in [0.4, 0.5) is 0 Å². The molecule has 0 N–H and O–H groups in total. The van der Waals surface area contributed by atoms with Crippen LogP contribution in [0.2, 0.25) is 0 Å². The van der Waals surface area contributed by atoms with Crippen molar-refractivity contribution in [2.45, 2.75) is 6.92 Å². The van der Waals surface area contributed by atoms with Crippen molar-refractivity contribution in [3.8, 4) is 50.2 Å². The number of fused-ring (bicyclic) bond motifs is 7. The standard InChI is InChI=1S/C63H43N/c1-3-13-42-22-25-48(36-41(42)4-2)50-30-34-60-58(39-50)59-40-51(49-26-23-43-14-5-7-16-46(43)37-49)31-35-61(59)64(60)53-32-28-45(29-33-53)62-54-18-9-11-20-56(54)63(57-21-12-10-19-55(57)62)52-27-24-44-15-6-8-17-47(44)38-52/h3-40H,1H2,2H3/b41-4-,42-13-. The highest BCUT2D eigenvalue weighted by Gasteiger charge is 2.19. The zero-order valence-electron chi connectivity index (χ0n) is 35.6. The molecule has 0 saturated heterocycles. The van der Waals surface area contributed by atoms with Gasteiger partial charge in [0.1, 0.15) is 0 Å².